The third-order valence-electron chi connectivity index (χ3n) is 2.36. The summed E-state index contributed by atoms with van der Waals surface area (Å²) in [5.74, 6) is 5.55. The van der Waals surface area contributed by atoms with Crippen LogP contribution < -0.4 is 16.6 Å². The number of nitrogens with two attached hydrogens (primary N) is 1. The van der Waals surface area contributed by atoms with Gasteiger partial charge in [-0.3, -0.25) is 4.79 Å². The molecule has 0 fully saturated rings. The summed E-state index contributed by atoms with van der Waals surface area (Å²) in [5, 5.41) is 2.77. The molecular formula is C11H14N6O. The molecule has 0 aliphatic heterocycles. The third kappa shape index (κ3) is 2.83. The Morgan fingerprint density at radius 1 is 1.50 bits per heavy atom. The lowest BCUT2D eigenvalue weighted by Crippen LogP contribution is -2.23. The highest BCUT2D eigenvalue weighted by atomic mass is 16.1. The molecule has 2 aromatic rings. The summed E-state index contributed by atoms with van der Waals surface area (Å²) < 4.78 is 0. The van der Waals surface area contributed by atoms with Crippen LogP contribution in [0.4, 0.5) is 5.82 Å². The first-order chi connectivity index (χ1) is 8.69. The zero-order chi connectivity index (χ0) is 13.0. The van der Waals surface area contributed by atoms with Gasteiger partial charge in [0.05, 0.1) is 18.6 Å². The van der Waals surface area contributed by atoms with Crippen molar-refractivity contribution in [2.45, 2.75) is 13.5 Å². The Bertz CT molecular complexity index is 536. The molecule has 2 heterocycles. The number of nitrogen functional groups attached to an aromatic ring is 1. The Morgan fingerprint density at radius 3 is 3.00 bits per heavy atom. The molecule has 7 heteroatoms. The predicted molar refractivity (Wildman–Crippen MR) is 66.5 cm³/mol. The molecule has 5 N–H and O–H groups in total. The molecule has 18 heavy (non-hydrogen) atoms. The molecule has 2 aromatic heterocycles. The minimum absolute atomic E-state index is 0.188. The van der Waals surface area contributed by atoms with Crippen molar-refractivity contribution in [3.63, 3.8) is 0 Å². The number of aryl methyl sites for hydroxylation is 1. The van der Waals surface area contributed by atoms with Crippen LogP contribution in [0.3, 0.4) is 0 Å². The number of aromatic nitrogens is 3. The van der Waals surface area contributed by atoms with Crippen molar-refractivity contribution in [1.29, 1.82) is 0 Å². The Morgan fingerprint density at radius 2 is 2.33 bits per heavy atom. The Hall–Kier alpha value is -2.41. The van der Waals surface area contributed by atoms with Crippen LogP contribution in [0.15, 0.2) is 24.7 Å². The van der Waals surface area contributed by atoms with Crippen LogP contribution >= 0.6 is 0 Å². The van der Waals surface area contributed by atoms with Crippen LogP contribution in [0.2, 0.25) is 0 Å². The molecule has 0 aliphatic carbocycles. The zero-order valence-corrected chi connectivity index (χ0v) is 9.90. The number of carbonyl (C=O) groups excluding carboxylic acids is 1. The standard InChI is InChI=1S/C11H14N6O/c1-7-2-8(3-10(16-7)17-12)11(18)14-5-9-4-13-6-15-9/h2-4,6H,5,12H2,1H3,(H,13,15)(H,14,18)(H,16,17). The molecule has 0 radical (unpaired) electrons. The van der Waals surface area contributed by atoms with E-state index in [2.05, 4.69) is 25.7 Å². The predicted octanol–water partition coefficient (Wildman–Crippen LogP) is 0.329. The number of H-pyrrole nitrogens is 1. The van der Waals surface area contributed by atoms with Crippen molar-refractivity contribution in [2.24, 2.45) is 5.84 Å². The number of hydrogen-bond acceptors (Lipinski definition) is 5. The summed E-state index contributed by atoms with van der Waals surface area (Å²) in [5.41, 5.74) is 4.49. The third-order valence-corrected chi connectivity index (χ3v) is 2.36. The number of anilines is 1. The van der Waals surface area contributed by atoms with Crippen LogP contribution in [-0.2, 0) is 6.54 Å². The average molecular weight is 246 g/mol. The summed E-state index contributed by atoms with van der Waals surface area (Å²) in [6.07, 6.45) is 3.22. The maximum atomic E-state index is 11.9. The molecule has 0 saturated heterocycles. The van der Waals surface area contributed by atoms with Crippen molar-refractivity contribution in [2.75, 3.05) is 5.43 Å². The van der Waals surface area contributed by atoms with E-state index in [4.69, 9.17) is 5.84 Å². The minimum atomic E-state index is -0.188. The number of rotatable bonds is 4. The normalized spacial score (nSPS) is 10.1. The van der Waals surface area contributed by atoms with E-state index in [1.165, 1.54) is 0 Å². The first kappa shape index (κ1) is 12.1. The molecular weight excluding hydrogens is 232 g/mol. The number of carbonyl (C=O) groups is 1. The highest BCUT2D eigenvalue weighted by molar-refractivity contribution is 5.94. The largest absolute Gasteiger partial charge is 0.347 e. The minimum Gasteiger partial charge on any atom is -0.347 e. The van der Waals surface area contributed by atoms with Crippen molar-refractivity contribution in [3.05, 3.63) is 41.6 Å². The van der Waals surface area contributed by atoms with Gasteiger partial charge in [-0.1, -0.05) is 0 Å². The lowest BCUT2D eigenvalue weighted by molar-refractivity contribution is 0.0950. The molecule has 0 saturated carbocycles. The molecule has 0 aromatic carbocycles. The van der Waals surface area contributed by atoms with E-state index in [0.717, 1.165) is 11.4 Å². The second-order valence-electron chi connectivity index (χ2n) is 3.79. The van der Waals surface area contributed by atoms with E-state index in [9.17, 15) is 4.79 Å². The van der Waals surface area contributed by atoms with E-state index < -0.39 is 0 Å². The number of amides is 1. The SMILES string of the molecule is Cc1cc(C(=O)NCc2cnc[nH]2)cc(NN)n1. The van der Waals surface area contributed by atoms with E-state index in [1.54, 1.807) is 31.6 Å². The van der Waals surface area contributed by atoms with Gasteiger partial charge in [0, 0.05) is 17.5 Å². The van der Waals surface area contributed by atoms with Gasteiger partial charge in [-0.2, -0.15) is 0 Å². The monoisotopic (exact) mass is 246 g/mol. The van der Waals surface area contributed by atoms with Gasteiger partial charge in [-0.15, -0.1) is 0 Å². The average Bonchev–Trinajstić information content (AvgIpc) is 2.88. The summed E-state index contributed by atoms with van der Waals surface area (Å²) in [7, 11) is 0. The van der Waals surface area contributed by atoms with Crippen LogP contribution in [0.25, 0.3) is 0 Å². The van der Waals surface area contributed by atoms with Gasteiger partial charge in [0.15, 0.2) is 0 Å². The molecule has 1 amide bonds. The van der Waals surface area contributed by atoms with Crippen molar-refractivity contribution < 1.29 is 4.79 Å². The molecule has 94 valence electrons. The van der Waals surface area contributed by atoms with Crippen LogP contribution in [0.1, 0.15) is 21.7 Å². The molecule has 2 rings (SSSR count). The lowest BCUT2D eigenvalue weighted by atomic mass is 10.2. The number of hydrazine groups is 1. The fraction of sp³-hybridized carbons (Fsp3) is 0.182. The number of hydrogen-bond donors (Lipinski definition) is 4. The highest BCUT2D eigenvalue weighted by Gasteiger charge is 2.08. The van der Waals surface area contributed by atoms with Crippen LogP contribution in [0, 0.1) is 6.92 Å². The second kappa shape index (κ2) is 5.28. The fourth-order valence-corrected chi connectivity index (χ4v) is 1.53. The fourth-order valence-electron chi connectivity index (χ4n) is 1.53. The zero-order valence-electron chi connectivity index (χ0n) is 9.90. The Kier molecular flexibility index (Phi) is 3.54. The number of nitrogens with zero attached hydrogens (tertiary/aromatic N) is 2. The summed E-state index contributed by atoms with van der Waals surface area (Å²) >= 11 is 0. The second-order valence-corrected chi connectivity index (χ2v) is 3.79. The molecule has 7 nitrogen and oxygen atoms in total. The van der Waals surface area contributed by atoms with Crippen molar-refractivity contribution in [1.82, 2.24) is 20.3 Å². The number of aromatic amines is 1. The van der Waals surface area contributed by atoms with Gasteiger partial charge in [0.1, 0.15) is 5.82 Å². The Labute approximate surface area is 104 Å². The number of pyridine rings is 1. The number of nitrogens with one attached hydrogen (secondary N) is 3. The van der Waals surface area contributed by atoms with Crippen LogP contribution in [0.5, 0.6) is 0 Å². The molecule has 0 atom stereocenters. The maximum Gasteiger partial charge on any atom is 0.251 e. The topological polar surface area (TPSA) is 109 Å². The molecule has 0 spiro atoms. The quantitative estimate of drug-likeness (QED) is 0.459. The molecule has 0 aliphatic rings. The van der Waals surface area contributed by atoms with Crippen molar-refractivity contribution >= 4 is 11.7 Å². The van der Waals surface area contributed by atoms with Gasteiger partial charge in [0.2, 0.25) is 0 Å². The summed E-state index contributed by atoms with van der Waals surface area (Å²) in [4.78, 5) is 22.8. The lowest BCUT2D eigenvalue weighted by Gasteiger charge is -2.07. The van der Waals surface area contributed by atoms with E-state index in [0.29, 0.717) is 17.9 Å². The van der Waals surface area contributed by atoms with Crippen LogP contribution in [-0.4, -0.2) is 20.9 Å². The first-order valence-electron chi connectivity index (χ1n) is 5.40. The first-order valence-corrected chi connectivity index (χ1v) is 5.40. The smallest absolute Gasteiger partial charge is 0.251 e. The van der Waals surface area contributed by atoms with Crippen molar-refractivity contribution in [3.8, 4) is 0 Å². The highest BCUT2D eigenvalue weighted by Crippen LogP contribution is 2.09. The molecule has 0 bridgehead atoms. The molecule has 0 unspecified atom stereocenters. The van der Waals surface area contributed by atoms with Gasteiger partial charge < -0.3 is 15.7 Å². The van der Waals surface area contributed by atoms with E-state index in [-0.39, 0.29) is 5.91 Å². The van der Waals surface area contributed by atoms with Gasteiger partial charge in [-0.05, 0) is 19.1 Å². The van der Waals surface area contributed by atoms with E-state index in [1.807, 2.05) is 0 Å². The van der Waals surface area contributed by atoms with Gasteiger partial charge >= 0.3 is 0 Å². The Balaban J connectivity index is 2.06. The van der Waals surface area contributed by atoms with E-state index >= 15 is 0 Å². The number of imidazole rings is 1. The summed E-state index contributed by atoms with van der Waals surface area (Å²) in [6.45, 7) is 2.19. The van der Waals surface area contributed by atoms with Gasteiger partial charge in [0.25, 0.3) is 5.91 Å². The summed E-state index contributed by atoms with van der Waals surface area (Å²) in [6, 6.07) is 3.29. The maximum absolute atomic E-state index is 11.9. The van der Waals surface area contributed by atoms with Gasteiger partial charge in [-0.25, -0.2) is 15.8 Å².